The summed E-state index contributed by atoms with van der Waals surface area (Å²) in [6.07, 6.45) is 1.86. The molecule has 1 rings (SSSR count). The van der Waals surface area contributed by atoms with Gasteiger partial charge in [-0.25, -0.2) is 0 Å². The van der Waals surface area contributed by atoms with Crippen LogP contribution in [0.3, 0.4) is 0 Å². The molecule has 0 aliphatic rings. The molecule has 0 saturated heterocycles. The molecule has 2 unspecified atom stereocenters. The van der Waals surface area contributed by atoms with Gasteiger partial charge in [0.05, 0.1) is 8.67 Å². The molecule has 1 N–H and O–H groups in total. The van der Waals surface area contributed by atoms with E-state index in [9.17, 15) is 0 Å². The summed E-state index contributed by atoms with van der Waals surface area (Å²) in [7, 11) is 0. The quantitative estimate of drug-likeness (QED) is 0.786. The molecule has 78 valence electrons. The number of rotatable bonds is 4. The number of hydrogen-bond acceptors (Lipinski definition) is 2. The molecule has 0 fully saturated rings. The van der Waals surface area contributed by atoms with E-state index in [2.05, 4.69) is 18.8 Å². The molecule has 0 spiro atoms. The summed E-state index contributed by atoms with van der Waals surface area (Å²) in [6.45, 7) is 7.82. The van der Waals surface area contributed by atoms with E-state index in [0.717, 1.165) is 14.2 Å². The maximum atomic E-state index is 6.03. The van der Waals surface area contributed by atoms with Crippen LogP contribution >= 0.6 is 34.5 Å². The van der Waals surface area contributed by atoms with E-state index in [1.165, 1.54) is 11.3 Å². The minimum atomic E-state index is 0.194. The lowest BCUT2D eigenvalue weighted by Gasteiger charge is -2.16. The van der Waals surface area contributed by atoms with Crippen molar-refractivity contribution in [3.05, 3.63) is 33.0 Å². The van der Waals surface area contributed by atoms with Crippen LogP contribution in [0.4, 0.5) is 0 Å². The lowest BCUT2D eigenvalue weighted by Crippen LogP contribution is -2.26. The molecule has 14 heavy (non-hydrogen) atoms. The summed E-state index contributed by atoms with van der Waals surface area (Å²) in [5, 5.41) is 3.35. The topological polar surface area (TPSA) is 12.0 Å². The first-order valence-corrected chi connectivity index (χ1v) is 5.95. The van der Waals surface area contributed by atoms with E-state index in [1.54, 1.807) is 0 Å². The molecule has 0 bridgehead atoms. The van der Waals surface area contributed by atoms with Crippen molar-refractivity contribution in [3.63, 3.8) is 0 Å². The van der Waals surface area contributed by atoms with Gasteiger partial charge in [0.15, 0.2) is 0 Å². The second-order valence-corrected chi connectivity index (χ2v) is 5.48. The highest BCUT2D eigenvalue weighted by atomic mass is 35.5. The molecule has 1 aromatic rings. The summed E-state index contributed by atoms with van der Waals surface area (Å²) in [5.74, 6) is 0. The fourth-order valence-electron chi connectivity index (χ4n) is 1.20. The lowest BCUT2D eigenvalue weighted by atomic mass is 10.1. The Balaban J connectivity index is 2.73. The number of nitrogens with one attached hydrogen (secondary N) is 1. The minimum absolute atomic E-state index is 0.194. The first-order chi connectivity index (χ1) is 6.54. The van der Waals surface area contributed by atoms with Gasteiger partial charge in [-0.15, -0.1) is 17.9 Å². The summed E-state index contributed by atoms with van der Waals surface area (Å²) in [5.41, 5.74) is 1.05. The summed E-state index contributed by atoms with van der Waals surface area (Å²) in [6, 6.07) is 2.36. The molecule has 0 radical (unpaired) electrons. The third-order valence-corrected chi connectivity index (χ3v) is 3.53. The summed E-state index contributed by atoms with van der Waals surface area (Å²) >= 11 is 13.3. The second kappa shape index (κ2) is 5.17. The standard InChI is InChI=1S/C10H13Cl2NS/c1-4-6(2)13-7(3)8-5-9(11)14-10(8)12/h4-7,13H,1H2,2-3H3. The highest BCUT2D eigenvalue weighted by Crippen LogP contribution is 2.34. The molecule has 4 heteroatoms. The molecule has 0 amide bonds. The monoisotopic (exact) mass is 249 g/mol. The molecule has 0 aromatic carbocycles. The van der Waals surface area contributed by atoms with Crippen LogP contribution < -0.4 is 5.32 Å². The smallest absolute Gasteiger partial charge is 0.0991 e. The Morgan fingerprint density at radius 3 is 2.57 bits per heavy atom. The van der Waals surface area contributed by atoms with Crippen molar-refractivity contribution in [1.29, 1.82) is 0 Å². The van der Waals surface area contributed by atoms with Gasteiger partial charge < -0.3 is 5.32 Å². The maximum Gasteiger partial charge on any atom is 0.0991 e. The van der Waals surface area contributed by atoms with Gasteiger partial charge in [-0.3, -0.25) is 0 Å². The van der Waals surface area contributed by atoms with Crippen molar-refractivity contribution in [1.82, 2.24) is 5.32 Å². The predicted octanol–water partition coefficient (Wildman–Crippen LogP) is 4.28. The SMILES string of the molecule is C=CC(C)NC(C)c1cc(Cl)sc1Cl. The summed E-state index contributed by atoms with van der Waals surface area (Å²) < 4.78 is 1.48. The Kier molecular flexibility index (Phi) is 4.45. The van der Waals surface area contributed by atoms with Gasteiger partial charge in [0, 0.05) is 12.1 Å². The lowest BCUT2D eigenvalue weighted by molar-refractivity contribution is 0.538. The normalized spacial score (nSPS) is 15.1. The van der Waals surface area contributed by atoms with Crippen LogP contribution in [0.15, 0.2) is 18.7 Å². The van der Waals surface area contributed by atoms with E-state index in [-0.39, 0.29) is 12.1 Å². The van der Waals surface area contributed by atoms with Crippen molar-refractivity contribution in [2.75, 3.05) is 0 Å². The Morgan fingerprint density at radius 1 is 1.50 bits per heavy atom. The van der Waals surface area contributed by atoms with Crippen LogP contribution in [-0.4, -0.2) is 6.04 Å². The van der Waals surface area contributed by atoms with Gasteiger partial charge >= 0.3 is 0 Å². The predicted molar refractivity (Wildman–Crippen MR) is 65.5 cm³/mol. The van der Waals surface area contributed by atoms with Crippen molar-refractivity contribution in [2.45, 2.75) is 25.9 Å². The molecule has 2 atom stereocenters. The second-order valence-electron chi connectivity index (χ2n) is 3.19. The average Bonchev–Trinajstić information content (AvgIpc) is 2.45. The Labute approximate surface area is 98.7 Å². The third kappa shape index (κ3) is 2.99. The van der Waals surface area contributed by atoms with Gasteiger partial charge in [0.25, 0.3) is 0 Å². The summed E-state index contributed by atoms with van der Waals surface area (Å²) in [4.78, 5) is 0. The zero-order valence-electron chi connectivity index (χ0n) is 8.18. The molecular weight excluding hydrogens is 237 g/mol. The van der Waals surface area contributed by atoms with E-state index < -0.39 is 0 Å². The van der Waals surface area contributed by atoms with Crippen LogP contribution in [0.25, 0.3) is 0 Å². The highest BCUT2D eigenvalue weighted by molar-refractivity contribution is 7.20. The minimum Gasteiger partial charge on any atom is -0.304 e. The zero-order valence-corrected chi connectivity index (χ0v) is 10.5. The van der Waals surface area contributed by atoms with Crippen molar-refractivity contribution in [3.8, 4) is 0 Å². The van der Waals surface area contributed by atoms with Gasteiger partial charge in [0.1, 0.15) is 0 Å². The molecule has 0 aliphatic carbocycles. The van der Waals surface area contributed by atoms with Crippen molar-refractivity contribution in [2.24, 2.45) is 0 Å². The van der Waals surface area contributed by atoms with E-state index in [1.807, 2.05) is 19.1 Å². The van der Waals surface area contributed by atoms with Crippen LogP contribution in [0.1, 0.15) is 25.5 Å². The maximum absolute atomic E-state index is 6.03. The van der Waals surface area contributed by atoms with Gasteiger partial charge in [-0.2, -0.15) is 0 Å². The Bertz CT molecular complexity index is 322. The van der Waals surface area contributed by atoms with E-state index >= 15 is 0 Å². The molecule has 1 aromatic heterocycles. The Hall–Kier alpha value is -0.0200. The van der Waals surface area contributed by atoms with Gasteiger partial charge in [-0.05, 0) is 25.5 Å². The molecule has 1 heterocycles. The van der Waals surface area contributed by atoms with Gasteiger partial charge in [0.2, 0.25) is 0 Å². The van der Waals surface area contributed by atoms with Crippen molar-refractivity contribution >= 4 is 34.5 Å². The fourth-order valence-corrected chi connectivity index (χ4v) is 2.85. The first-order valence-electron chi connectivity index (χ1n) is 4.38. The molecule has 0 aliphatic heterocycles. The molecule has 1 nitrogen and oxygen atoms in total. The zero-order chi connectivity index (χ0) is 10.7. The largest absolute Gasteiger partial charge is 0.304 e. The van der Waals surface area contributed by atoms with Crippen LogP contribution in [0.2, 0.25) is 8.67 Å². The Morgan fingerprint density at radius 2 is 2.14 bits per heavy atom. The molecule has 0 saturated carbocycles. The van der Waals surface area contributed by atoms with Crippen LogP contribution in [0, 0.1) is 0 Å². The third-order valence-electron chi connectivity index (χ3n) is 2.02. The fraction of sp³-hybridized carbons (Fsp3) is 0.400. The van der Waals surface area contributed by atoms with Crippen LogP contribution in [-0.2, 0) is 0 Å². The van der Waals surface area contributed by atoms with Crippen molar-refractivity contribution < 1.29 is 0 Å². The first kappa shape index (κ1) is 12.1. The van der Waals surface area contributed by atoms with E-state index in [0.29, 0.717) is 0 Å². The van der Waals surface area contributed by atoms with E-state index in [4.69, 9.17) is 23.2 Å². The van der Waals surface area contributed by atoms with Crippen LogP contribution in [0.5, 0.6) is 0 Å². The highest BCUT2D eigenvalue weighted by Gasteiger charge is 2.13. The molecular formula is C10H13Cl2NS. The average molecular weight is 250 g/mol. The number of hydrogen-bond donors (Lipinski definition) is 1. The number of halogens is 2. The van der Waals surface area contributed by atoms with Gasteiger partial charge in [-0.1, -0.05) is 29.3 Å². The number of thiophene rings is 1.